The molecule has 0 unspecified atom stereocenters. The van der Waals surface area contributed by atoms with Gasteiger partial charge in [-0.25, -0.2) is 0 Å². The van der Waals surface area contributed by atoms with Gasteiger partial charge in [0, 0.05) is 5.41 Å². The van der Waals surface area contributed by atoms with Gasteiger partial charge < -0.3 is 0 Å². The predicted molar refractivity (Wildman–Crippen MR) is 151 cm³/mol. The molecule has 0 amide bonds. The summed E-state index contributed by atoms with van der Waals surface area (Å²) in [5.74, 6) is 0. The van der Waals surface area contributed by atoms with Crippen molar-refractivity contribution in [3.63, 3.8) is 0 Å². The lowest BCUT2D eigenvalue weighted by Crippen LogP contribution is -2.15. The third-order valence-corrected chi connectivity index (χ3v) is 6.40. The maximum Gasteiger partial charge on any atom is 0.0165 e. The summed E-state index contributed by atoms with van der Waals surface area (Å²) < 4.78 is 0. The highest BCUT2D eigenvalue weighted by Crippen LogP contribution is 2.52. The maximum absolute atomic E-state index is 2.43. The Morgan fingerprint density at radius 2 is 0.970 bits per heavy atom. The molecule has 1 aliphatic carbocycles. The second-order valence-corrected chi connectivity index (χ2v) is 8.24. The van der Waals surface area contributed by atoms with Gasteiger partial charge in [0.05, 0.1) is 0 Å². The van der Waals surface area contributed by atoms with Crippen LogP contribution in [0.15, 0.2) is 84.9 Å². The Bertz CT molecular complexity index is 1390. The van der Waals surface area contributed by atoms with Crippen LogP contribution in [-0.2, 0) is 5.41 Å². The van der Waals surface area contributed by atoms with Crippen molar-refractivity contribution in [1.29, 1.82) is 0 Å². The smallest absolute Gasteiger partial charge is 0.0165 e. The third kappa shape index (κ3) is 3.93. The summed E-state index contributed by atoms with van der Waals surface area (Å²) in [6.07, 6.45) is 0. The van der Waals surface area contributed by atoms with Crippen molar-refractivity contribution < 1.29 is 0 Å². The minimum atomic E-state index is 0.00532. The van der Waals surface area contributed by atoms with E-state index in [1.807, 2.05) is 41.5 Å². The lowest BCUT2D eigenvalue weighted by atomic mass is 9.79. The van der Waals surface area contributed by atoms with Crippen molar-refractivity contribution in [3.05, 3.63) is 96.1 Å². The average Bonchev–Trinajstić information content (AvgIpc) is 3.12. The number of fused-ring (bicyclic) bond motifs is 8. The van der Waals surface area contributed by atoms with Gasteiger partial charge in [-0.1, -0.05) is 128 Å². The topological polar surface area (TPSA) is 0 Å². The molecule has 0 saturated heterocycles. The van der Waals surface area contributed by atoms with Gasteiger partial charge in [0.25, 0.3) is 0 Å². The molecular weight excluding hydrogens is 396 g/mol. The van der Waals surface area contributed by atoms with E-state index in [0.29, 0.717) is 0 Å². The van der Waals surface area contributed by atoms with Crippen molar-refractivity contribution in [1.82, 2.24) is 0 Å². The number of rotatable bonds is 0. The molecule has 0 aliphatic heterocycles. The van der Waals surface area contributed by atoms with Crippen molar-refractivity contribution in [3.8, 4) is 11.1 Å². The van der Waals surface area contributed by atoms with E-state index in [1.165, 1.54) is 54.6 Å². The van der Waals surface area contributed by atoms with Crippen LogP contribution in [0.4, 0.5) is 0 Å². The zero-order valence-electron chi connectivity index (χ0n) is 21.6. The molecule has 0 heterocycles. The Balaban J connectivity index is 0.000000475. The Morgan fingerprint density at radius 3 is 1.64 bits per heavy atom. The van der Waals surface area contributed by atoms with E-state index in [2.05, 4.69) is 98.8 Å². The zero-order chi connectivity index (χ0) is 24.2. The highest BCUT2D eigenvalue weighted by atomic mass is 14.4. The van der Waals surface area contributed by atoms with Gasteiger partial charge in [-0.15, -0.1) is 0 Å². The minimum Gasteiger partial charge on any atom is -0.0683 e. The third-order valence-electron chi connectivity index (χ3n) is 6.40. The van der Waals surface area contributed by atoms with Crippen LogP contribution in [-0.4, -0.2) is 0 Å². The van der Waals surface area contributed by atoms with Gasteiger partial charge in [-0.05, 0) is 66.7 Å². The van der Waals surface area contributed by atoms with Crippen LogP contribution in [0, 0.1) is 0 Å². The first-order chi connectivity index (χ1) is 16.1. The second kappa shape index (κ2) is 10.2. The van der Waals surface area contributed by atoms with Crippen molar-refractivity contribution in [2.24, 2.45) is 0 Å². The molecule has 0 atom stereocenters. The standard InChI is InChI=1S/C27H20.3C2H6/c1-27(2)25-15-19-12-11-17-7-3-5-9-20(17)23(19)16-24(25)22-14-13-18-8-4-6-10-21(18)26(22)27;3*1-2/h3-16H,1-2H3;3*1-2H3. The summed E-state index contributed by atoms with van der Waals surface area (Å²) in [5, 5.41) is 8.03. The first-order valence-corrected chi connectivity index (χ1v) is 12.6. The summed E-state index contributed by atoms with van der Waals surface area (Å²) in [6, 6.07) is 31.4. The molecule has 0 nitrogen and oxygen atoms in total. The van der Waals surface area contributed by atoms with E-state index in [9.17, 15) is 0 Å². The molecule has 5 aromatic carbocycles. The SMILES string of the molecule is CC.CC.CC.CC1(C)c2cc3ccc4ccccc4c3cc2-c2ccc3ccccc3c21. The molecule has 0 N–H and O–H groups in total. The van der Waals surface area contributed by atoms with Crippen LogP contribution < -0.4 is 0 Å². The summed E-state index contributed by atoms with van der Waals surface area (Å²) in [5.41, 5.74) is 5.70. The molecular formula is C33H38. The molecule has 1 aliphatic rings. The molecule has 170 valence electrons. The molecule has 0 fully saturated rings. The molecule has 33 heavy (non-hydrogen) atoms. The maximum atomic E-state index is 2.43. The van der Waals surface area contributed by atoms with E-state index in [4.69, 9.17) is 0 Å². The van der Waals surface area contributed by atoms with Gasteiger partial charge >= 0.3 is 0 Å². The van der Waals surface area contributed by atoms with E-state index in [0.717, 1.165) is 0 Å². The van der Waals surface area contributed by atoms with Crippen LogP contribution in [0.2, 0.25) is 0 Å². The van der Waals surface area contributed by atoms with Crippen LogP contribution in [0.25, 0.3) is 43.4 Å². The molecule has 5 aromatic rings. The molecule has 0 bridgehead atoms. The zero-order valence-corrected chi connectivity index (χ0v) is 21.6. The molecule has 6 rings (SSSR count). The second-order valence-electron chi connectivity index (χ2n) is 8.24. The average molecular weight is 435 g/mol. The van der Waals surface area contributed by atoms with E-state index in [1.54, 1.807) is 0 Å². The summed E-state index contributed by atoms with van der Waals surface area (Å²) in [6.45, 7) is 16.7. The normalized spacial score (nSPS) is 12.5. The predicted octanol–water partition coefficient (Wildman–Crippen LogP) is 10.5. The minimum absolute atomic E-state index is 0.00532. The first-order valence-electron chi connectivity index (χ1n) is 12.6. The van der Waals surface area contributed by atoms with Crippen LogP contribution in [0.1, 0.15) is 66.5 Å². The lowest BCUT2D eigenvalue weighted by molar-refractivity contribution is 0.667. The molecule has 0 heteroatoms. The van der Waals surface area contributed by atoms with Gasteiger partial charge in [-0.3, -0.25) is 0 Å². The Morgan fingerprint density at radius 1 is 0.455 bits per heavy atom. The molecule has 0 saturated carbocycles. The van der Waals surface area contributed by atoms with Crippen molar-refractivity contribution in [2.45, 2.75) is 60.8 Å². The lowest BCUT2D eigenvalue weighted by Gasteiger charge is -2.23. The van der Waals surface area contributed by atoms with Gasteiger partial charge in [-0.2, -0.15) is 0 Å². The van der Waals surface area contributed by atoms with Gasteiger partial charge in [0.15, 0.2) is 0 Å². The van der Waals surface area contributed by atoms with Gasteiger partial charge in [0.1, 0.15) is 0 Å². The summed E-state index contributed by atoms with van der Waals surface area (Å²) >= 11 is 0. The fraction of sp³-hybridized carbons (Fsp3) is 0.273. The number of hydrogen-bond acceptors (Lipinski definition) is 0. The van der Waals surface area contributed by atoms with Crippen LogP contribution in [0.5, 0.6) is 0 Å². The largest absolute Gasteiger partial charge is 0.0683 e. The molecule has 0 aromatic heterocycles. The Hall–Kier alpha value is -3.12. The van der Waals surface area contributed by atoms with Crippen molar-refractivity contribution in [2.75, 3.05) is 0 Å². The molecule has 0 radical (unpaired) electrons. The highest BCUT2D eigenvalue weighted by Gasteiger charge is 2.37. The monoisotopic (exact) mass is 434 g/mol. The van der Waals surface area contributed by atoms with Gasteiger partial charge in [0.2, 0.25) is 0 Å². The summed E-state index contributed by atoms with van der Waals surface area (Å²) in [7, 11) is 0. The van der Waals surface area contributed by atoms with Crippen LogP contribution >= 0.6 is 0 Å². The summed E-state index contributed by atoms with van der Waals surface area (Å²) in [4.78, 5) is 0. The fourth-order valence-corrected chi connectivity index (χ4v) is 5.10. The van der Waals surface area contributed by atoms with Crippen LogP contribution in [0.3, 0.4) is 0 Å². The fourth-order valence-electron chi connectivity index (χ4n) is 5.10. The Kier molecular flexibility index (Phi) is 7.59. The number of benzene rings is 5. The van der Waals surface area contributed by atoms with E-state index >= 15 is 0 Å². The Labute approximate surface area is 200 Å². The molecule has 0 spiro atoms. The van der Waals surface area contributed by atoms with E-state index < -0.39 is 0 Å². The van der Waals surface area contributed by atoms with Crippen molar-refractivity contribution >= 4 is 32.3 Å². The number of hydrogen-bond donors (Lipinski definition) is 0. The first kappa shape index (κ1) is 24.5. The van der Waals surface area contributed by atoms with E-state index in [-0.39, 0.29) is 5.41 Å². The quantitative estimate of drug-likeness (QED) is 0.213. The highest BCUT2D eigenvalue weighted by molar-refractivity contribution is 6.10.